The Morgan fingerprint density at radius 1 is 1.18 bits per heavy atom. The summed E-state index contributed by atoms with van der Waals surface area (Å²) >= 11 is 0. The van der Waals surface area contributed by atoms with E-state index in [-0.39, 0.29) is 5.41 Å². The Morgan fingerprint density at radius 3 is 2.36 bits per heavy atom. The van der Waals surface area contributed by atoms with Crippen molar-refractivity contribution in [3.63, 3.8) is 0 Å². The summed E-state index contributed by atoms with van der Waals surface area (Å²) in [4.78, 5) is 0. The molecule has 1 aromatic carbocycles. The van der Waals surface area contributed by atoms with Crippen LogP contribution in [0.5, 0.6) is 0 Å². The molecule has 1 N–H and O–H groups in total. The lowest BCUT2D eigenvalue weighted by atomic mass is 9.85. The number of benzene rings is 1. The predicted molar refractivity (Wildman–Crippen MR) is 94.4 cm³/mol. The van der Waals surface area contributed by atoms with E-state index in [1.165, 1.54) is 17.5 Å². The Morgan fingerprint density at radius 2 is 1.82 bits per heavy atom. The minimum atomic E-state index is 0.236. The molecule has 0 amide bonds. The van der Waals surface area contributed by atoms with E-state index in [1.54, 1.807) is 0 Å². The third-order valence-corrected chi connectivity index (χ3v) is 4.74. The molecule has 124 valence electrons. The first-order valence-electron chi connectivity index (χ1n) is 8.74. The van der Waals surface area contributed by atoms with Gasteiger partial charge in [0.1, 0.15) is 0 Å². The zero-order valence-electron chi connectivity index (χ0n) is 15.1. The first kappa shape index (κ1) is 17.5. The highest BCUT2D eigenvalue weighted by Crippen LogP contribution is 2.24. The van der Waals surface area contributed by atoms with E-state index < -0.39 is 0 Å². The highest BCUT2D eigenvalue weighted by molar-refractivity contribution is 5.27. The van der Waals surface area contributed by atoms with Gasteiger partial charge in [-0.05, 0) is 49.1 Å². The Kier molecular flexibility index (Phi) is 5.68. The van der Waals surface area contributed by atoms with Crippen LogP contribution in [0.3, 0.4) is 0 Å². The van der Waals surface area contributed by atoms with Crippen molar-refractivity contribution < 1.29 is 4.74 Å². The van der Waals surface area contributed by atoms with Crippen LogP contribution in [0.4, 0.5) is 0 Å². The summed E-state index contributed by atoms with van der Waals surface area (Å²) in [6, 6.07) is 9.66. The average molecular weight is 303 g/mol. The lowest BCUT2D eigenvalue weighted by Gasteiger charge is -2.35. The van der Waals surface area contributed by atoms with E-state index in [0.29, 0.717) is 24.2 Å². The van der Waals surface area contributed by atoms with Gasteiger partial charge in [0.2, 0.25) is 0 Å². The first-order chi connectivity index (χ1) is 10.3. The van der Waals surface area contributed by atoms with E-state index in [1.807, 2.05) is 0 Å². The fourth-order valence-electron chi connectivity index (χ4n) is 3.33. The number of morpholine rings is 1. The van der Waals surface area contributed by atoms with Gasteiger partial charge in [0.05, 0.1) is 12.2 Å². The van der Waals surface area contributed by atoms with Crippen molar-refractivity contribution in [3.05, 3.63) is 35.4 Å². The molecule has 4 atom stereocenters. The van der Waals surface area contributed by atoms with Crippen LogP contribution in [0.1, 0.15) is 59.1 Å². The molecule has 0 aromatic heterocycles. The summed E-state index contributed by atoms with van der Waals surface area (Å²) in [5.41, 5.74) is 3.09. The molecular weight excluding hydrogens is 270 g/mol. The second kappa shape index (κ2) is 7.14. The minimum Gasteiger partial charge on any atom is -0.373 e. The maximum absolute atomic E-state index is 5.94. The summed E-state index contributed by atoms with van der Waals surface area (Å²) in [5.74, 6) is 0.664. The normalized spacial score (nSPS) is 27.6. The van der Waals surface area contributed by atoms with Crippen molar-refractivity contribution in [2.75, 3.05) is 6.54 Å². The van der Waals surface area contributed by atoms with Crippen LogP contribution in [0.25, 0.3) is 0 Å². The fraction of sp³-hybridized carbons (Fsp3) is 0.700. The second-order valence-electron chi connectivity index (χ2n) is 8.16. The molecule has 1 aromatic rings. The van der Waals surface area contributed by atoms with E-state index in [2.05, 4.69) is 71.1 Å². The standard InChI is InChI=1S/C20H33NO/c1-14(12-19-16(3)22-15(2)13-21-19)11-17-7-9-18(10-8-17)20(4,5)6/h7-10,14-16,19,21H,11-13H2,1-6H3. The Labute approximate surface area is 136 Å². The van der Waals surface area contributed by atoms with Gasteiger partial charge in [-0.25, -0.2) is 0 Å². The first-order valence-corrected chi connectivity index (χ1v) is 8.74. The molecule has 0 saturated carbocycles. The summed E-state index contributed by atoms with van der Waals surface area (Å²) in [5, 5.41) is 3.64. The summed E-state index contributed by atoms with van der Waals surface area (Å²) < 4.78 is 5.94. The molecule has 0 aliphatic carbocycles. The summed E-state index contributed by atoms with van der Waals surface area (Å²) in [6.07, 6.45) is 2.97. The van der Waals surface area contributed by atoms with Crippen molar-refractivity contribution in [1.29, 1.82) is 0 Å². The zero-order valence-corrected chi connectivity index (χ0v) is 15.1. The van der Waals surface area contributed by atoms with Crippen LogP contribution in [0.15, 0.2) is 24.3 Å². The van der Waals surface area contributed by atoms with Crippen LogP contribution in [0, 0.1) is 5.92 Å². The van der Waals surface area contributed by atoms with Crippen LogP contribution in [-0.4, -0.2) is 24.8 Å². The predicted octanol–water partition coefficient (Wildman–Crippen LogP) is 4.32. The van der Waals surface area contributed by atoms with Crippen molar-refractivity contribution in [2.45, 2.75) is 78.0 Å². The molecule has 2 nitrogen and oxygen atoms in total. The lowest BCUT2D eigenvalue weighted by molar-refractivity contribution is -0.0481. The van der Waals surface area contributed by atoms with Gasteiger partial charge >= 0.3 is 0 Å². The molecule has 22 heavy (non-hydrogen) atoms. The molecule has 0 bridgehead atoms. The molecule has 1 aliphatic rings. The monoisotopic (exact) mass is 303 g/mol. The molecular formula is C20H33NO. The minimum absolute atomic E-state index is 0.236. The largest absolute Gasteiger partial charge is 0.373 e. The molecule has 1 heterocycles. The number of ether oxygens (including phenoxy) is 1. The highest BCUT2D eigenvalue weighted by atomic mass is 16.5. The van der Waals surface area contributed by atoms with Gasteiger partial charge in [-0.1, -0.05) is 52.0 Å². The Hall–Kier alpha value is -0.860. The number of nitrogens with one attached hydrogen (secondary N) is 1. The molecule has 4 unspecified atom stereocenters. The smallest absolute Gasteiger partial charge is 0.0704 e. The third-order valence-electron chi connectivity index (χ3n) is 4.74. The second-order valence-corrected chi connectivity index (χ2v) is 8.16. The number of hydrogen-bond donors (Lipinski definition) is 1. The number of hydrogen-bond acceptors (Lipinski definition) is 2. The van der Waals surface area contributed by atoms with Gasteiger partial charge in [-0.15, -0.1) is 0 Å². The van der Waals surface area contributed by atoms with E-state index in [4.69, 9.17) is 4.74 Å². The zero-order chi connectivity index (χ0) is 16.3. The molecule has 1 aliphatic heterocycles. The quantitative estimate of drug-likeness (QED) is 0.894. The summed E-state index contributed by atoms with van der Waals surface area (Å²) in [6.45, 7) is 14.5. The van der Waals surface area contributed by atoms with Gasteiger partial charge in [-0.3, -0.25) is 0 Å². The SMILES string of the molecule is CC(Cc1ccc(C(C)(C)C)cc1)CC1NCC(C)OC1C. The lowest BCUT2D eigenvalue weighted by Crippen LogP contribution is -2.51. The van der Waals surface area contributed by atoms with Crippen LogP contribution >= 0.6 is 0 Å². The van der Waals surface area contributed by atoms with Gasteiger partial charge in [0.15, 0.2) is 0 Å². The van der Waals surface area contributed by atoms with Gasteiger partial charge < -0.3 is 10.1 Å². The maximum Gasteiger partial charge on any atom is 0.0704 e. The topological polar surface area (TPSA) is 21.3 Å². The Balaban J connectivity index is 1.88. The van der Waals surface area contributed by atoms with Gasteiger partial charge in [0.25, 0.3) is 0 Å². The summed E-state index contributed by atoms with van der Waals surface area (Å²) in [7, 11) is 0. The van der Waals surface area contributed by atoms with Crippen molar-refractivity contribution in [1.82, 2.24) is 5.32 Å². The van der Waals surface area contributed by atoms with Crippen LogP contribution in [0.2, 0.25) is 0 Å². The van der Waals surface area contributed by atoms with Crippen molar-refractivity contribution in [2.24, 2.45) is 5.92 Å². The molecule has 0 spiro atoms. The third kappa shape index (κ3) is 4.82. The molecule has 1 fully saturated rings. The van der Waals surface area contributed by atoms with Gasteiger partial charge in [-0.2, -0.15) is 0 Å². The molecule has 0 radical (unpaired) electrons. The van der Waals surface area contributed by atoms with Crippen molar-refractivity contribution in [3.8, 4) is 0 Å². The molecule has 1 saturated heterocycles. The van der Waals surface area contributed by atoms with Crippen molar-refractivity contribution >= 4 is 0 Å². The number of rotatable bonds is 4. The fourth-order valence-corrected chi connectivity index (χ4v) is 3.33. The van der Waals surface area contributed by atoms with Gasteiger partial charge in [0, 0.05) is 12.6 Å². The van der Waals surface area contributed by atoms with E-state index in [9.17, 15) is 0 Å². The highest BCUT2D eigenvalue weighted by Gasteiger charge is 2.26. The van der Waals surface area contributed by atoms with Crippen LogP contribution < -0.4 is 5.32 Å². The Bertz CT molecular complexity index is 460. The van der Waals surface area contributed by atoms with E-state index in [0.717, 1.165) is 13.0 Å². The maximum atomic E-state index is 5.94. The average Bonchev–Trinajstić information content (AvgIpc) is 2.41. The van der Waals surface area contributed by atoms with Crippen LogP contribution in [-0.2, 0) is 16.6 Å². The molecule has 2 rings (SSSR count). The molecule has 2 heteroatoms. The van der Waals surface area contributed by atoms with E-state index >= 15 is 0 Å².